The molecule has 3 aromatic rings. The lowest BCUT2D eigenvalue weighted by Gasteiger charge is -2.23. The lowest BCUT2D eigenvalue weighted by Crippen LogP contribution is -2.27. The number of nitrogens with zero attached hydrogens (tertiary/aromatic N) is 2. The van der Waals surface area contributed by atoms with E-state index in [0.29, 0.717) is 6.42 Å². The summed E-state index contributed by atoms with van der Waals surface area (Å²) in [6.45, 7) is 2.01. The van der Waals surface area contributed by atoms with Gasteiger partial charge in [-0.25, -0.2) is 0 Å². The van der Waals surface area contributed by atoms with Crippen molar-refractivity contribution in [3.05, 3.63) is 100 Å². The minimum Gasteiger partial charge on any atom is -0.200 e. The number of rotatable bonds is 4. The van der Waals surface area contributed by atoms with Gasteiger partial charge in [0.1, 0.15) is 0 Å². The van der Waals surface area contributed by atoms with E-state index in [9.17, 15) is 8.42 Å². The van der Waals surface area contributed by atoms with Crippen molar-refractivity contribution in [2.24, 2.45) is 5.10 Å². The quantitative estimate of drug-likeness (QED) is 0.536. The minimum absolute atomic E-state index is 0.243. The van der Waals surface area contributed by atoms with Crippen LogP contribution < -0.4 is 0 Å². The normalized spacial score (nSPS) is 16.9. The van der Waals surface area contributed by atoms with Gasteiger partial charge in [-0.3, -0.25) is 0 Å². The average Bonchev–Trinajstić information content (AvgIpc) is 3.16. The number of aryl methyl sites for hydroxylation is 1. The second-order valence-corrected chi connectivity index (χ2v) is 9.49. The van der Waals surface area contributed by atoms with Crippen LogP contribution in [0.5, 0.6) is 0 Å². The largest absolute Gasteiger partial charge is 0.279 e. The summed E-state index contributed by atoms with van der Waals surface area (Å²) in [5.41, 5.74) is 3.75. The molecule has 4 nitrogen and oxygen atoms in total. The van der Waals surface area contributed by atoms with Crippen molar-refractivity contribution in [1.29, 1.82) is 0 Å². The molecule has 0 amide bonds. The maximum atomic E-state index is 13.3. The van der Waals surface area contributed by atoms with Crippen LogP contribution in [0.3, 0.4) is 0 Å². The number of halogens is 1. The van der Waals surface area contributed by atoms with Gasteiger partial charge in [0.15, 0.2) is 0 Å². The molecule has 3 aromatic carbocycles. The van der Waals surface area contributed by atoms with E-state index in [1.807, 2.05) is 55.5 Å². The van der Waals surface area contributed by atoms with Crippen molar-refractivity contribution in [3.8, 4) is 0 Å². The van der Waals surface area contributed by atoms with E-state index >= 15 is 0 Å². The number of sulfonamides is 1. The minimum atomic E-state index is -3.76. The Labute approximate surface area is 173 Å². The molecule has 0 bridgehead atoms. The summed E-state index contributed by atoms with van der Waals surface area (Å²) >= 11 is 3.44. The van der Waals surface area contributed by atoms with Gasteiger partial charge in [-0.2, -0.15) is 17.9 Å². The van der Waals surface area contributed by atoms with Crippen LogP contribution in [0.1, 0.15) is 29.2 Å². The third-order valence-corrected chi connectivity index (χ3v) is 7.02. The Kier molecular flexibility index (Phi) is 5.08. The van der Waals surface area contributed by atoms with Crippen LogP contribution in [0.4, 0.5) is 0 Å². The van der Waals surface area contributed by atoms with Crippen LogP contribution in [-0.2, 0) is 10.0 Å². The van der Waals surface area contributed by atoms with Crippen LogP contribution in [0.15, 0.2) is 93.3 Å². The van der Waals surface area contributed by atoms with E-state index in [1.54, 1.807) is 30.3 Å². The van der Waals surface area contributed by atoms with Gasteiger partial charge in [0.05, 0.1) is 16.6 Å². The highest BCUT2D eigenvalue weighted by atomic mass is 79.9. The molecule has 0 radical (unpaired) electrons. The van der Waals surface area contributed by atoms with Gasteiger partial charge in [0, 0.05) is 10.9 Å². The number of hydrogen-bond acceptors (Lipinski definition) is 3. The lowest BCUT2D eigenvalue weighted by molar-refractivity contribution is 0.371. The summed E-state index contributed by atoms with van der Waals surface area (Å²) < 4.78 is 28.9. The molecule has 1 atom stereocenters. The lowest BCUT2D eigenvalue weighted by atomic mass is 9.98. The first-order valence-corrected chi connectivity index (χ1v) is 11.2. The number of benzene rings is 3. The molecule has 0 saturated carbocycles. The Morgan fingerprint density at radius 2 is 1.57 bits per heavy atom. The summed E-state index contributed by atoms with van der Waals surface area (Å²) in [7, 11) is -3.76. The van der Waals surface area contributed by atoms with Crippen LogP contribution in [0.25, 0.3) is 0 Å². The summed E-state index contributed by atoms with van der Waals surface area (Å²) in [5.74, 6) is 0. The molecule has 1 aliphatic rings. The predicted molar refractivity (Wildman–Crippen MR) is 115 cm³/mol. The van der Waals surface area contributed by atoms with Gasteiger partial charge >= 0.3 is 0 Å². The molecule has 0 N–H and O–H groups in total. The predicted octanol–water partition coefficient (Wildman–Crippen LogP) is 5.30. The molecule has 0 saturated heterocycles. The van der Waals surface area contributed by atoms with E-state index < -0.39 is 10.0 Å². The molecule has 0 spiro atoms. The molecule has 6 heteroatoms. The third-order valence-electron chi connectivity index (χ3n) is 4.80. The fraction of sp³-hybridized carbons (Fsp3) is 0.136. The summed E-state index contributed by atoms with van der Waals surface area (Å²) in [4.78, 5) is 0.243. The first-order chi connectivity index (χ1) is 13.4. The Morgan fingerprint density at radius 3 is 2.21 bits per heavy atom. The Bertz CT molecular complexity index is 1110. The second kappa shape index (κ2) is 7.53. The Hall–Kier alpha value is -2.44. The highest BCUT2D eigenvalue weighted by Crippen LogP contribution is 2.37. The standard InChI is InChI=1S/C22H19BrN2O2S/c1-16-7-9-18(10-8-16)22-15-21(17-11-13-19(23)14-12-17)24-25(22)28(26,27)20-5-3-2-4-6-20/h2-14,22H,15H2,1H3. The van der Waals surface area contributed by atoms with E-state index in [-0.39, 0.29) is 10.9 Å². The maximum absolute atomic E-state index is 13.3. The summed E-state index contributed by atoms with van der Waals surface area (Å²) in [5, 5.41) is 4.56. The number of hydrazone groups is 1. The second-order valence-electron chi connectivity index (χ2n) is 6.77. The monoisotopic (exact) mass is 454 g/mol. The van der Waals surface area contributed by atoms with Crippen molar-refractivity contribution in [3.63, 3.8) is 0 Å². The summed E-state index contributed by atoms with van der Waals surface area (Å²) in [6, 6.07) is 23.8. The zero-order valence-electron chi connectivity index (χ0n) is 15.3. The molecular formula is C22H19BrN2O2S. The van der Waals surface area contributed by atoms with E-state index in [2.05, 4.69) is 21.0 Å². The van der Waals surface area contributed by atoms with Crippen molar-refractivity contribution < 1.29 is 8.42 Å². The molecular weight excluding hydrogens is 436 g/mol. The maximum Gasteiger partial charge on any atom is 0.279 e. The van der Waals surface area contributed by atoms with Crippen molar-refractivity contribution in [1.82, 2.24) is 4.41 Å². The van der Waals surface area contributed by atoms with E-state index in [4.69, 9.17) is 0 Å². The highest BCUT2D eigenvalue weighted by Gasteiger charge is 2.37. The Morgan fingerprint density at radius 1 is 0.929 bits per heavy atom. The molecule has 28 heavy (non-hydrogen) atoms. The topological polar surface area (TPSA) is 49.7 Å². The molecule has 0 aromatic heterocycles. The van der Waals surface area contributed by atoms with Gasteiger partial charge < -0.3 is 0 Å². The molecule has 0 aliphatic carbocycles. The molecule has 1 heterocycles. The first-order valence-electron chi connectivity index (χ1n) is 8.94. The molecule has 1 unspecified atom stereocenters. The van der Waals surface area contributed by atoms with Gasteiger partial charge in [-0.15, -0.1) is 0 Å². The van der Waals surface area contributed by atoms with Crippen LogP contribution in [0.2, 0.25) is 0 Å². The van der Waals surface area contributed by atoms with Crippen molar-refractivity contribution >= 4 is 31.7 Å². The van der Waals surface area contributed by atoms with Crippen LogP contribution in [0, 0.1) is 6.92 Å². The highest BCUT2D eigenvalue weighted by molar-refractivity contribution is 9.10. The van der Waals surface area contributed by atoms with E-state index in [0.717, 1.165) is 26.9 Å². The fourth-order valence-corrected chi connectivity index (χ4v) is 4.98. The molecule has 142 valence electrons. The fourth-order valence-electron chi connectivity index (χ4n) is 3.26. The molecule has 1 aliphatic heterocycles. The zero-order valence-corrected chi connectivity index (χ0v) is 17.7. The van der Waals surface area contributed by atoms with Crippen LogP contribution in [-0.4, -0.2) is 18.5 Å². The number of hydrogen-bond donors (Lipinski definition) is 0. The molecule has 0 fully saturated rings. The zero-order chi connectivity index (χ0) is 19.7. The average molecular weight is 455 g/mol. The van der Waals surface area contributed by atoms with Crippen molar-refractivity contribution in [2.75, 3.05) is 0 Å². The van der Waals surface area contributed by atoms with Gasteiger partial charge in [0.2, 0.25) is 0 Å². The van der Waals surface area contributed by atoms with Gasteiger partial charge in [-0.1, -0.05) is 76.1 Å². The Balaban J connectivity index is 1.79. The van der Waals surface area contributed by atoms with E-state index in [1.165, 1.54) is 4.41 Å². The third kappa shape index (κ3) is 3.62. The van der Waals surface area contributed by atoms with Crippen LogP contribution >= 0.6 is 15.9 Å². The smallest absolute Gasteiger partial charge is 0.200 e. The first kappa shape index (κ1) is 18.9. The van der Waals surface area contributed by atoms with Gasteiger partial charge in [0.25, 0.3) is 10.0 Å². The van der Waals surface area contributed by atoms with Gasteiger partial charge in [-0.05, 0) is 42.3 Å². The molecule has 4 rings (SSSR count). The van der Waals surface area contributed by atoms with Crippen molar-refractivity contribution in [2.45, 2.75) is 24.3 Å². The summed E-state index contributed by atoms with van der Waals surface area (Å²) in [6.07, 6.45) is 0.525. The SMILES string of the molecule is Cc1ccc(C2CC(c3ccc(Br)cc3)=NN2S(=O)(=O)c2ccccc2)cc1.